The highest BCUT2D eigenvalue weighted by Gasteiger charge is 2.18. The summed E-state index contributed by atoms with van der Waals surface area (Å²) in [7, 11) is 0. The van der Waals surface area contributed by atoms with Crippen molar-refractivity contribution < 1.29 is 14.3 Å². The van der Waals surface area contributed by atoms with Crippen molar-refractivity contribution in [1.82, 2.24) is 15.2 Å². The van der Waals surface area contributed by atoms with Crippen LogP contribution in [0.4, 0.5) is 0 Å². The molecule has 24 heavy (non-hydrogen) atoms. The van der Waals surface area contributed by atoms with Crippen LogP contribution in [0.5, 0.6) is 0 Å². The number of amides is 2. The zero-order valence-corrected chi connectivity index (χ0v) is 13.3. The Kier molecular flexibility index (Phi) is 5.18. The Morgan fingerprint density at radius 1 is 1.04 bits per heavy atom. The van der Waals surface area contributed by atoms with E-state index >= 15 is 0 Å². The van der Waals surface area contributed by atoms with E-state index in [-0.39, 0.29) is 11.8 Å². The van der Waals surface area contributed by atoms with Gasteiger partial charge in [-0.1, -0.05) is 6.07 Å². The van der Waals surface area contributed by atoms with Crippen LogP contribution in [0.15, 0.2) is 48.7 Å². The fraction of sp³-hybridized carbons (Fsp3) is 0.278. The SMILES string of the molecule is O=C(NCc1ccccn1)c1ccc(C(=O)N2CCOCC2)cc1. The monoisotopic (exact) mass is 325 g/mol. The molecule has 0 saturated carbocycles. The van der Waals surface area contributed by atoms with Gasteiger partial charge in [0.25, 0.3) is 11.8 Å². The van der Waals surface area contributed by atoms with Crippen molar-refractivity contribution >= 4 is 11.8 Å². The van der Waals surface area contributed by atoms with Crippen LogP contribution in [0.3, 0.4) is 0 Å². The van der Waals surface area contributed by atoms with Crippen molar-refractivity contribution in [3.63, 3.8) is 0 Å². The number of rotatable bonds is 4. The average molecular weight is 325 g/mol. The summed E-state index contributed by atoms with van der Waals surface area (Å²) in [5.74, 6) is -0.218. The lowest BCUT2D eigenvalue weighted by molar-refractivity contribution is 0.0303. The number of aromatic nitrogens is 1. The van der Waals surface area contributed by atoms with Crippen LogP contribution in [0.2, 0.25) is 0 Å². The van der Waals surface area contributed by atoms with E-state index in [2.05, 4.69) is 10.3 Å². The second-order valence-electron chi connectivity index (χ2n) is 5.49. The summed E-state index contributed by atoms with van der Waals surface area (Å²) in [4.78, 5) is 30.4. The number of morpholine rings is 1. The lowest BCUT2D eigenvalue weighted by Crippen LogP contribution is -2.40. The van der Waals surface area contributed by atoms with Gasteiger partial charge in [0.15, 0.2) is 0 Å². The van der Waals surface area contributed by atoms with Crippen molar-refractivity contribution in [1.29, 1.82) is 0 Å². The van der Waals surface area contributed by atoms with Crippen molar-refractivity contribution in [2.24, 2.45) is 0 Å². The number of carbonyl (C=O) groups excluding carboxylic acids is 2. The molecule has 1 fully saturated rings. The number of pyridine rings is 1. The van der Waals surface area contributed by atoms with Crippen LogP contribution < -0.4 is 5.32 Å². The number of carbonyl (C=O) groups is 2. The first-order valence-corrected chi connectivity index (χ1v) is 7.89. The fourth-order valence-electron chi connectivity index (χ4n) is 2.49. The second kappa shape index (κ2) is 7.70. The normalized spacial score (nSPS) is 14.2. The number of ether oxygens (including phenoxy) is 1. The van der Waals surface area contributed by atoms with Gasteiger partial charge < -0.3 is 15.0 Å². The molecule has 1 aliphatic rings. The van der Waals surface area contributed by atoms with Gasteiger partial charge >= 0.3 is 0 Å². The zero-order chi connectivity index (χ0) is 16.8. The molecule has 124 valence electrons. The van der Waals surface area contributed by atoms with Gasteiger partial charge in [-0.25, -0.2) is 0 Å². The first-order chi connectivity index (χ1) is 11.7. The Hall–Kier alpha value is -2.73. The molecule has 1 saturated heterocycles. The van der Waals surface area contributed by atoms with E-state index in [9.17, 15) is 9.59 Å². The fourth-order valence-corrected chi connectivity index (χ4v) is 2.49. The summed E-state index contributed by atoms with van der Waals surface area (Å²) in [6.45, 7) is 2.71. The van der Waals surface area contributed by atoms with E-state index in [1.807, 2.05) is 18.2 Å². The number of nitrogens with one attached hydrogen (secondary N) is 1. The van der Waals surface area contributed by atoms with E-state index in [0.29, 0.717) is 44.0 Å². The molecule has 1 aromatic carbocycles. The molecule has 0 bridgehead atoms. The summed E-state index contributed by atoms with van der Waals surface area (Å²) in [6, 6.07) is 12.3. The molecule has 3 rings (SSSR count). The summed E-state index contributed by atoms with van der Waals surface area (Å²) in [5, 5.41) is 2.81. The van der Waals surface area contributed by atoms with E-state index in [1.54, 1.807) is 35.4 Å². The largest absolute Gasteiger partial charge is 0.378 e. The quantitative estimate of drug-likeness (QED) is 0.924. The van der Waals surface area contributed by atoms with Crippen molar-refractivity contribution in [3.05, 3.63) is 65.5 Å². The topological polar surface area (TPSA) is 71.5 Å². The molecule has 0 atom stereocenters. The number of benzene rings is 1. The minimum atomic E-state index is -0.189. The van der Waals surface area contributed by atoms with Crippen LogP contribution in [0.1, 0.15) is 26.4 Å². The van der Waals surface area contributed by atoms with Crippen LogP contribution in [0, 0.1) is 0 Å². The molecular weight excluding hydrogens is 306 g/mol. The lowest BCUT2D eigenvalue weighted by atomic mass is 10.1. The third kappa shape index (κ3) is 3.97. The Bertz CT molecular complexity index is 695. The number of hydrogen-bond acceptors (Lipinski definition) is 4. The Labute approximate surface area is 140 Å². The van der Waals surface area contributed by atoms with Gasteiger partial charge in [0, 0.05) is 30.4 Å². The maximum atomic E-state index is 12.4. The second-order valence-corrected chi connectivity index (χ2v) is 5.49. The summed E-state index contributed by atoms with van der Waals surface area (Å²) < 4.78 is 5.25. The third-order valence-electron chi connectivity index (χ3n) is 3.85. The van der Waals surface area contributed by atoms with Gasteiger partial charge in [0.05, 0.1) is 25.5 Å². The molecule has 6 nitrogen and oxygen atoms in total. The van der Waals surface area contributed by atoms with Crippen molar-refractivity contribution in [2.45, 2.75) is 6.54 Å². The molecule has 2 heterocycles. The summed E-state index contributed by atoms with van der Waals surface area (Å²) in [5.41, 5.74) is 1.90. The van der Waals surface area contributed by atoms with Gasteiger partial charge in [-0.05, 0) is 36.4 Å². The van der Waals surface area contributed by atoms with Gasteiger partial charge in [0.2, 0.25) is 0 Å². The first-order valence-electron chi connectivity index (χ1n) is 7.89. The summed E-state index contributed by atoms with van der Waals surface area (Å²) >= 11 is 0. The molecule has 1 aliphatic heterocycles. The summed E-state index contributed by atoms with van der Waals surface area (Å²) in [6.07, 6.45) is 1.69. The molecule has 0 unspecified atom stereocenters. The molecule has 6 heteroatoms. The van der Waals surface area contributed by atoms with E-state index in [4.69, 9.17) is 4.74 Å². The molecule has 2 amide bonds. The van der Waals surface area contributed by atoms with Crippen LogP contribution >= 0.6 is 0 Å². The van der Waals surface area contributed by atoms with Gasteiger partial charge in [-0.3, -0.25) is 14.6 Å². The van der Waals surface area contributed by atoms with Crippen LogP contribution in [-0.2, 0) is 11.3 Å². The third-order valence-corrected chi connectivity index (χ3v) is 3.85. The number of hydrogen-bond donors (Lipinski definition) is 1. The maximum Gasteiger partial charge on any atom is 0.254 e. The minimum Gasteiger partial charge on any atom is -0.378 e. The van der Waals surface area contributed by atoms with E-state index < -0.39 is 0 Å². The maximum absolute atomic E-state index is 12.4. The lowest BCUT2D eigenvalue weighted by Gasteiger charge is -2.26. The van der Waals surface area contributed by atoms with Gasteiger partial charge in [-0.15, -0.1) is 0 Å². The van der Waals surface area contributed by atoms with Crippen LogP contribution in [0.25, 0.3) is 0 Å². The number of nitrogens with zero attached hydrogens (tertiary/aromatic N) is 2. The molecule has 0 spiro atoms. The highest BCUT2D eigenvalue weighted by atomic mass is 16.5. The molecule has 2 aromatic rings. The Morgan fingerprint density at radius 3 is 2.42 bits per heavy atom. The van der Waals surface area contributed by atoms with E-state index in [1.165, 1.54) is 0 Å². The van der Waals surface area contributed by atoms with Gasteiger partial charge in [-0.2, -0.15) is 0 Å². The zero-order valence-electron chi connectivity index (χ0n) is 13.3. The Balaban J connectivity index is 1.59. The van der Waals surface area contributed by atoms with Crippen LogP contribution in [-0.4, -0.2) is 48.0 Å². The first kappa shape index (κ1) is 16.1. The molecular formula is C18H19N3O3. The average Bonchev–Trinajstić information content (AvgIpc) is 2.67. The highest BCUT2D eigenvalue weighted by Crippen LogP contribution is 2.10. The molecule has 1 aromatic heterocycles. The smallest absolute Gasteiger partial charge is 0.254 e. The Morgan fingerprint density at radius 2 is 1.75 bits per heavy atom. The predicted molar refractivity (Wildman–Crippen MR) is 88.6 cm³/mol. The minimum absolute atomic E-state index is 0.0289. The highest BCUT2D eigenvalue weighted by molar-refractivity contribution is 5.97. The molecule has 1 N–H and O–H groups in total. The van der Waals surface area contributed by atoms with E-state index in [0.717, 1.165) is 5.69 Å². The van der Waals surface area contributed by atoms with Crippen molar-refractivity contribution in [3.8, 4) is 0 Å². The standard InChI is InChI=1S/C18H19N3O3/c22-17(20-13-16-3-1-2-8-19-16)14-4-6-15(7-5-14)18(23)21-9-11-24-12-10-21/h1-8H,9-13H2,(H,20,22). The van der Waals surface area contributed by atoms with Crippen molar-refractivity contribution in [2.75, 3.05) is 26.3 Å². The van der Waals surface area contributed by atoms with Gasteiger partial charge in [0.1, 0.15) is 0 Å². The predicted octanol–water partition coefficient (Wildman–Crippen LogP) is 1.48. The molecule has 0 aliphatic carbocycles. The molecule has 0 radical (unpaired) electrons.